The first-order valence-corrected chi connectivity index (χ1v) is 12.5. The van der Waals surface area contributed by atoms with Gasteiger partial charge in [0, 0.05) is 30.8 Å². The number of allylic oxidation sites excluding steroid dienone is 1. The number of halogens is 1. The number of amides is 1. The largest absolute Gasteiger partial charge is 0.323 e. The van der Waals surface area contributed by atoms with E-state index in [4.69, 9.17) is 11.6 Å². The summed E-state index contributed by atoms with van der Waals surface area (Å²) in [5.41, 5.74) is 5.15. The van der Waals surface area contributed by atoms with Crippen molar-refractivity contribution in [2.75, 3.05) is 0 Å². The number of Topliss-reactive ketones (excluding diaryl/α,β-unsaturated/α-hetero) is 2. The summed E-state index contributed by atoms with van der Waals surface area (Å²) in [6, 6.07) is 5.58. The van der Waals surface area contributed by atoms with Crippen molar-refractivity contribution >= 4 is 40.4 Å². The molecule has 2 aromatic rings. The van der Waals surface area contributed by atoms with Gasteiger partial charge in [0.2, 0.25) is 0 Å². The van der Waals surface area contributed by atoms with Gasteiger partial charge in [-0.3, -0.25) is 14.4 Å². The van der Waals surface area contributed by atoms with E-state index in [-0.39, 0.29) is 23.5 Å². The van der Waals surface area contributed by atoms with Gasteiger partial charge in [-0.2, -0.15) is 0 Å². The summed E-state index contributed by atoms with van der Waals surface area (Å²) < 4.78 is 0. The van der Waals surface area contributed by atoms with Gasteiger partial charge in [-0.25, -0.2) is 0 Å². The Morgan fingerprint density at radius 2 is 2.03 bits per heavy atom. The minimum absolute atomic E-state index is 0.0373. The monoisotopic (exact) mass is 469 g/mol. The summed E-state index contributed by atoms with van der Waals surface area (Å²) in [6.07, 6.45) is 5.08. The standard InChI is InChI=1S/C26H28ClNO3S/c1-16-4-3-5-23(24(30)12-16)28-14-21-19(15-32-25(21)26(28)31)9-11-20(29)10-8-18-7-6-17(2)22(27)13-18/h6-7,13,15,23H,1,3-5,8-12,14H2,2H3/t23-/m0/s1. The number of nitrogens with zero attached hydrogens (tertiary/aromatic N) is 1. The molecule has 0 bridgehead atoms. The van der Waals surface area contributed by atoms with Crippen molar-refractivity contribution in [3.63, 3.8) is 0 Å². The molecule has 1 saturated carbocycles. The highest BCUT2D eigenvalue weighted by Crippen LogP contribution is 2.36. The van der Waals surface area contributed by atoms with Crippen LogP contribution in [0.2, 0.25) is 5.02 Å². The molecule has 0 saturated heterocycles. The average Bonchev–Trinajstić information content (AvgIpc) is 3.24. The number of thiophene rings is 1. The number of ketones is 2. The van der Waals surface area contributed by atoms with Crippen LogP contribution in [0.3, 0.4) is 0 Å². The van der Waals surface area contributed by atoms with Crippen LogP contribution in [0.4, 0.5) is 0 Å². The average molecular weight is 470 g/mol. The molecule has 1 fully saturated rings. The molecule has 32 heavy (non-hydrogen) atoms. The Morgan fingerprint density at radius 1 is 1.25 bits per heavy atom. The molecule has 4 rings (SSSR count). The molecule has 168 valence electrons. The Balaban J connectivity index is 1.35. The maximum atomic E-state index is 13.0. The van der Waals surface area contributed by atoms with Gasteiger partial charge < -0.3 is 4.90 Å². The molecule has 1 amide bonds. The molecule has 2 aliphatic rings. The molecule has 6 heteroatoms. The molecule has 1 aliphatic carbocycles. The van der Waals surface area contributed by atoms with Crippen molar-refractivity contribution in [1.82, 2.24) is 4.90 Å². The predicted molar refractivity (Wildman–Crippen MR) is 128 cm³/mol. The summed E-state index contributed by atoms with van der Waals surface area (Å²) in [5.74, 6) is 0.272. The van der Waals surface area contributed by atoms with Crippen molar-refractivity contribution in [2.24, 2.45) is 0 Å². The minimum Gasteiger partial charge on any atom is -0.323 e. The van der Waals surface area contributed by atoms with Crippen LogP contribution >= 0.6 is 22.9 Å². The van der Waals surface area contributed by atoms with Gasteiger partial charge in [-0.05, 0) is 72.7 Å². The SMILES string of the molecule is C=C1CCC[C@H](N2Cc3c(CCC(=O)CCc4ccc(C)c(Cl)c4)csc3C2=O)C(=O)C1. The summed E-state index contributed by atoms with van der Waals surface area (Å²) in [5, 5.41) is 2.73. The number of hydrogen-bond donors (Lipinski definition) is 0. The predicted octanol–water partition coefficient (Wildman–Crippen LogP) is 5.87. The second-order valence-electron chi connectivity index (χ2n) is 8.92. The molecule has 1 aromatic carbocycles. The molecule has 0 N–H and O–H groups in total. The van der Waals surface area contributed by atoms with E-state index in [0.717, 1.165) is 50.6 Å². The third kappa shape index (κ3) is 4.89. The molecule has 4 nitrogen and oxygen atoms in total. The van der Waals surface area contributed by atoms with Gasteiger partial charge in [0.25, 0.3) is 5.91 Å². The molecule has 0 spiro atoms. The fraction of sp³-hybridized carbons (Fsp3) is 0.423. The van der Waals surface area contributed by atoms with Gasteiger partial charge >= 0.3 is 0 Å². The Kier molecular flexibility index (Phi) is 6.96. The van der Waals surface area contributed by atoms with E-state index in [1.165, 1.54) is 11.3 Å². The lowest BCUT2D eigenvalue weighted by atomic mass is 10.0. The molecule has 1 aromatic heterocycles. The number of carbonyl (C=O) groups excluding carboxylic acids is 3. The number of hydrogen-bond acceptors (Lipinski definition) is 4. The van der Waals surface area contributed by atoms with Gasteiger partial charge in [0.15, 0.2) is 5.78 Å². The van der Waals surface area contributed by atoms with Crippen LogP contribution in [0, 0.1) is 6.92 Å². The highest BCUT2D eigenvalue weighted by Gasteiger charge is 2.38. The lowest BCUT2D eigenvalue weighted by Crippen LogP contribution is -2.40. The van der Waals surface area contributed by atoms with Crippen LogP contribution in [0.1, 0.15) is 70.5 Å². The summed E-state index contributed by atoms with van der Waals surface area (Å²) in [7, 11) is 0. The van der Waals surface area contributed by atoms with E-state index < -0.39 is 0 Å². The Labute approximate surface area is 198 Å². The zero-order chi connectivity index (χ0) is 22.8. The lowest BCUT2D eigenvalue weighted by molar-refractivity contribution is -0.123. The zero-order valence-electron chi connectivity index (χ0n) is 18.4. The molecule has 2 heterocycles. The quantitative estimate of drug-likeness (QED) is 0.376. The molecular weight excluding hydrogens is 442 g/mol. The first-order valence-electron chi connectivity index (χ1n) is 11.2. The van der Waals surface area contributed by atoms with E-state index in [9.17, 15) is 14.4 Å². The number of benzene rings is 1. The molecular formula is C26H28ClNO3S. The Morgan fingerprint density at radius 3 is 2.81 bits per heavy atom. The van der Waals surface area contributed by atoms with Crippen LogP contribution < -0.4 is 0 Å². The summed E-state index contributed by atoms with van der Waals surface area (Å²) >= 11 is 7.62. The summed E-state index contributed by atoms with van der Waals surface area (Å²) in [4.78, 5) is 40.6. The lowest BCUT2D eigenvalue weighted by Gasteiger charge is -2.25. The van der Waals surface area contributed by atoms with Gasteiger partial charge in [-0.15, -0.1) is 11.3 Å². The third-order valence-electron chi connectivity index (χ3n) is 6.55. The van der Waals surface area contributed by atoms with Gasteiger partial charge in [0.1, 0.15) is 5.78 Å². The highest BCUT2D eigenvalue weighted by atomic mass is 35.5. The summed E-state index contributed by atoms with van der Waals surface area (Å²) in [6.45, 7) is 6.41. The van der Waals surface area contributed by atoms with Crippen molar-refractivity contribution < 1.29 is 14.4 Å². The highest BCUT2D eigenvalue weighted by molar-refractivity contribution is 7.12. The molecule has 0 radical (unpaired) electrons. The normalized spacial score (nSPS) is 18.8. The van der Waals surface area contributed by atoms with E-state index in [1.54, 1.807) is 4.90 Å². The molecule has 1 atom stereocenters. The fourth-order valence-electron chi connectivity index (χ4n) is 4.57. The number of fused-ring (bicyclic) bond motifs is 1. The van der Waals surface area contributed by atoms with E-state index in [2.05, 4.69) is 6.58 Å². The first-order chi connectivity index (χ1) is 15.3. The second-order valence-corrected chi connectivity index (χ2v) is 10.2. The van der Waals surface area contributed by atoms with Crippen molar-refractivity contribution in [1.29, 1.82) is 0 Å². The smallest absolute Gasteiger partial charge is 0.265 e. The van der Waals surface area contributed by atoms with Crippen LogP contribution in [0.25, 0.3) is 0 Å². The second kappa shape index (κ2) is 9.72. The fourth-order valence-corrected chi connectivity index (χ4v) is 5.85. The molecule has 0 unspecified atom stereocenters. The number of rotatable bonds is 7. The van der Waals surface area contributed by atoms with Crippen LogP contribution in [-0.4, -0.2) is 28.4 Å². The third-order valence-corrected chi connectivity index (χ3v) is 8.01. The molecule has 1 aliphatic heterocycles. The van der Waals surface area contributed by atoms with E-state index in [1.807, 2.05) is 30.5 Å². The van der Waals surface area contributed by atoms with Crippen LogP contribution in [0.5, 0.6) is 0 Å². The van der Waals surface area contributed by atoms with Gasteiger partial charge in [0.05, 0.1) is 10.9 Å². The Hall–Kier alpha value is -2.24. The topological polar surface area (TPSA) is 54.5 Å². The number of aryl methyl sites for hydroxylation is 3. The van der Waals surface area contributed by atoms with Gasteiger partial charge in [-0.1, -0.05) is 35.9 Å². The minimum atomic E-state index is -0.350. The maximum Gasteiger partial charge on any atom is 0.265 e. The van der Waals surface area contributed by atoms with Crippen molar-refractivity contribution in [3.8, 4) is 0 Å². The number of carbonyl (C=O) groups is 3. The van der Waals surface area contributed by atoms with Crippen LogP contribution in [0.15, 0.2) is 35.7 Å². The van der Waals surface area contributed by atoms with Crippen molar-refractivity contribution in [2.45, 2.75) is 70.9 Å². The van der Waals surface area contributed by atoms with E-state index >= 15 is 0 Å². The van der Waals surface area contributed by atoms with E-state index in [0.29, 0.717) is 45.1 Å². The maximum absolute atomic E-state index is 13.0. The van der Waals surface area contributed by atoms with Crippen LogP contribution in [-0.2, 0) is 29.0 Å². The Bertz CT molecular complexity index is 1090. The zero-order valence-corrected chi connectivity index (χ0v) is 20.0. The van der Waals surface area contributed by atoms with Crippen molar-refractivity contribution in [3.05, 3.63) is 67.9 Å². The first kappa shape index (κ1) is 22.9.